The van der Waals surface area contributed by atoms with E-state index in [2.05, 4.69) is 20.9 Å². The Hall–Kier alpha value is -2.23. The molecule has 1 aromatic heterocycles. The lowest BCUT2D eigenvalue weighted by molar-refractivity contribution is 0.475. The van der Waals surface area contributed by atoms with Gasteiger partial charge in [0.25, 0.3) is 0 Å². The third-order valence-corrected chi connectivity index (χ3v) is 3.77. The Morgan fingerprint density at radius 2 is 1.89 bits per heavy atom. The van der Waals surface area contributed by atoms with Gasteiger partial charge in [-0.2, -0.15) is 0 Å². The van der Waals surface area contributed by atoms with E-state index in [9.17, 15) is 5.11 Å². The molecule has 19 heavy (non-hydrogen) atoms. The fourth-order valence-corrected chi connectivity index (χ4v) is 2.65. The van der Waals surface area contributed by atoms with Crippen molar-refractivity contribution in [1.82, 2.24) is 4.98 Å². The topological polar surface area (TPSA) is 39.6 Å². The van der Waals surface area contributed by atoms with Crippen LogP contribution in [0.1, 0.15) is 12.8 Å². The van der Waals surface area contributed by atoms with Crippen LogP contribution in [0.2, 0.25) is 0 Å². The maximum atomic E-state index is 9.40. The Morgan fingerprint density at radius 1 is 1.11 bits per heavy atom. The van der Waals surface area contributed by atoms with Crippen molar-refractivity contribution in [3.8, 4) is 5.75 Å². The molecule has 4 heteroatoms. The Morgan fingerprint density at radius 3 is 2.63 bits per heavy atom. The van der Waals surface area contributed by atoms with Crippen molar-refractivity contribution in [2.24, 2.45) is 0 Å². The number of aromatic nitrogens is 1. The maximum Gasteiger partial charge on any atom is 0.158 e. The van der Waals surface area contributed by atoms with Gasteiger partial charge >= 0.3 is 0 Å². The lowest BCUT2D eigenvalue weighted by Crippen LogP contribution is -2.29. The predicted molar refractivity (Wildman–Crippen MR) is 74.9 cm³/mol. The van der Waals surface area contributed by atoms with Gasteiger partial charge in [-0.3, -0.25) is 0 Å². The van der Waals surface area contributed by atoms with Gasteiger partial charge in [0.15, 0.2) is 5.82 Å². The van der Waals surface area contributed by atoms with Gasteiger partial charge in [0, 0.05) is 17.9 Å². The lowest BCUT2D eigenvalue weighted by atomic mass is 10.3. The molecule has 0 amide bonds. The van der Waals surface area contributed by atoms with E-state index < -0.39 is 0 Å². The van der Waals surface area contributed by atoms with Crippen LogP contribution in [-0.4, -0.2) is 22.8 Å². The van der Waals surface area contributed by atoms with Gasteiger partial charge in [0.1, 0.15) is 5.75 Å². The van der Waals surface area contributed by atoms with Crippen LogP contribution in [0.5, 0.6) is 5.75 Å². The summed E-state index contributed by atoms with van der Waals surface area (Å²) in [6.07, 6.45) is 4.39. The van der Waals surface area contributed by atoms with Crippen LogP contribution in [0.4, 0.5) is 17.2 Å². The van der Waals surface area contributed by atoms with Gasteiger partial charge in [0.2, 0.25) is 0 Å². The van der Waals surface area contributed by atoms with Gasteiger partial charge in [-0.05, 0) is 49.2 Å². The van der Waals surface area contributed by atoms with E-state index in [0.717, 1.165) is 18.2 Å². The zero-order valence-corrected chi connectivity index (χ0v) is 10.5. The Bertz CT molecular complexity index is 607. The minimum atomic E-state index is 0.295. The van der Waals surface area contributed by atoms with Gasteiger partial charge < -0.3 is 14.9 Å². The molecular formula is C15H15N3O. The Labute approximate surface area is 111 Å². The number of hydrogen-bond acceptors (Lipinski definition) is 4. The number of anilines is 3. The number of aromatic hydroxyl groups is 1. The summed E-state index contributed by atoms with van der Waals surface area (Å²) in [7, 11) is 0. The monoisotopic (exact) mass is 253 g/mol. The van der Waals surface area contributed by atoms with Crippen LogP contribution in [0, 0.1) is 0 Å². The molecule has 1 fully saturated rings. The summed E-state index contributed by atoms with van der Waals surface area (Å²) in [6.45, 7) is 0.849. The van der Waals surface area contributed by atoms with E-state index in [1.165, 1.54) is 18.5 Å². The quantitative estimate of drug-likeness (QED) is 0.893. The second kappa shape index (κ2) is 3.88. The molecule has 1 aliphatic carbocycles. The first-order valence-corrected chi connectivity index (χ1v) is 6.61. The molecule has 1 aromatic carbocycles. The summed E-state index contributed by atoms with van der Waals surface area (Å²) in [5.41, 5.74) is 2.29. The molecular weight excluding hydrogens is 238 g/mol. The summed E-state index contributed by atoms with van der Waals surface area (Å²) in [5.74, 6) is 1.31. The van der Waals surface area contributed by atoms with E-state index >= 15 is 0 Å². The molecule has 1 saturated carbocycles. The molecule has 4 rings (SSSR count). The number of phenols is 1. The highest BCUT2D eigenvalue weighted by Gasteiger charge is 2.37. The van der Waals surface area contributed by atoms with E-state index in [0.29, 0.717) is 11.8 Å². The molecule has 2 aromatic rings. The van der Waals surface area contributed by atoms with Crippen LogP contribution >= 0.6 is 0 Å². The summed E-state index contributed by atoms with van der Waals surface area (Å²) in [4.78, 5) is 9.15. The highest BCUT2D eigenvalue weighted by Crippen LogP contribution is 2.44. The molecule has 2 aliphatic rings. The molecule has 96 valence electrons. The minimum absolute atomic E-state index is 0.295. The molecule has 1 aliphatic heterocycles. The third kappa shape index (κ3) is 1.71. The zero-order valence-electron chi connectivity index (χ0n) is 10.5. The fourth-order valence-electron chi connectivity index (χ4n) is 2.65. The number of pyridine rings is 1. The standard InChI is InChI=1S/C15H15N3O/c19-13-7-5-12(6-8-13)18-10-17(11-3-4-11)14-2-1-9-16-15(14)18/h1-2,5-9,11,19H,3-4,10H2. The average Bonchev–Trinajstić information content (AvgIpc) is 3.21. The normalized spacial score (nSPS) is 17.7. The molecule has 0 atom stereocenters. The Kier molecular flexibility index (Phi) is 2.18. The summed E-state index contributed by atoms with van der Waals surface area (Å²) >= 11 is 0. The highest BCUT2D eigenvalue weighted by molar-refractivity contribution is 5.79. The molecule has 1 N–H and O–H groups in total. The molecule has 0 unspecified atom stereocenters. The number of rotatable bonds is 2. The van der Waals surface area contributed by atoms with Crippen molar-refractivity contribution in [3.05, 3.63) is 42.6 Å². The molecule has 0 saturated heterocycles. The highest BCUT2D eigenvalue weighted by atomic mass is 16.3. The first-order valence-electron chi connectivity index (χ1n) is 6.61. The van der Waals surface area contributed by atoms with Crippen molar-refractivity contribution in [3.63, 3.8) is 0 Å². The van der Waals surface area contributed by atoms with Crippen LogP contribution in [-0.2, 0) is 0 Å². The van der Waals surface area contributed by atoms with E-state index in [-0.39, 0.29) is 0 Å². The zero-order chi connectivity index (χ0) is 12.8. The van der Waals surface area contributed by atoms with Crippen LogP contribution < -0.4 is 9.80 Å². The summed E-state index contributed by atoms with van der Waals surface area (Å²) in [6, 6.07) is 12.1. The van der Waals surface area contributed by atoms with E-state index in [1.807, 2.05) is 24.4 Å². The number of fused-ring (bicyclic) bond motifs is 1. The third-order valence-electron chi connectivity index (χ3n) is 3.77. The molecule has 4 nitrogen and oxygen atoms in total. The average molecular weight is 253 g/mol. The lowest BCUT2D eigenvalue weighted by Gasteiger charge is -2.21. The van der Waals surface area contributed by atoms with E-state index in [1.54, 1.807) is 12.1 Å². The van der Waals surface area contributed by atoms with Crippen molar-refractivity contribution < 1.29 is 5.11 Å². The summed E-state index contributed by atoms with van der Waals surface area (Å²) < 4.78 is 0. The van der Waals surface area contributed by atoms with Crippen molar-refractivity contribution in [2.45, 2.75) is 18.9 Å². The molecule has 0 bridgehead atoms. The van der Waals surface area contributed by atoms with Gasteiger partial charge in [0.05, 0.1) is 12.4 Å². The SMILES string of the molecule is Oc1ccc(N2CN(C3CC3)c3cccnc32)cc1. The maximum absolute atomic E-state index is 9.40. The van der Waals surface area contributed by atoms with Crippen LogP contribution in [0.25, 0.3) is 0 Å². The van der Waals surface area contributed by atoms with Gasteiger partial charge in [-0.1, -0.05) is 0 Å². The number of phenolic OH excluding ortho intramolecular Hbond substituents is 1. The van der Waals surface area contributed by atoms with Crippen molar-refractivity contribution in [2.75, 3.05) is 16.5 Å². The van der Waals surface area contributed by atoms with Crippen LogP contribution in [0.15, 0.2) is 42.6 Å². The minimum Gasteiger partial charge on any atom is -0.508 e. The number of benzene rings is 1. The second-order valence-corrected chi connectivity index (χ2v) is 5.13. The molecule has 2 heterocycles. The predicted octanol–water partition coefficient (Wildman–Crippen LogP) is 2.87. The first-order chi connectivity index (χ1) is 9.33. The van der Waals surface area contributed by atoms with Crippen molar-refractivity contribution in [1.29, 1.82) is 0 Å². The van der Waals surface area contributed by atoms with Gasteiger partial charge in [-0.25, -0.2) is 4.98 Å². The molecule has 0 spiro atoms. The molecule has 0 radical (unpaired) electrons. The van der Waals surface area contributed by atoms with E-state index in [4.69, 9.17) is 0 Å². The fraction of sp³-hybridized carbons (Fsp3) is 0.267. The Balaban J connectivity index is 1.76. The van der Waals surface area contributed by atoms with Gasteiger partial charge in [-0.15, -0.1) is 0 Å². The first kappa shape index (κ1) is 10.7. The number of nitrogens with zero attached hydrogens (tertiary/aromatic N) is 3. The smallest absolute Gasteiger partial charge is 0.158 e. The summed E-state index contributed by atoms with van der Waals surface area (Å²) in [5, 5.41) is 9.40. The van der Waals surface area contributed by atoms with Crippen LogP contribution in [0.3, 0.4) is 0 Å². The second-order valence-electron chi connectivity index (χ2n) is 5.13. The largest absolute Gasteiger partial charge is 0.508 e. The number of hydrogen-bond donors (Lipinski definition) is 1. The van der Waals surface area contributed by atoms with Crippen molar-refractivity contribution >= 4 is 17.2 Å².